The monoisotopic (exact) mass is 550 g/mol. The van der Waals surface area contributed by atoms with Crippen LogP contribution in [0, 0.1) is 13.8 Å². The van der Waals surface area contributed by atoms with Crippen LogP contribution in [-0.4, -0.2) is 72.5 Å². The van der Waals surface area contributed by atoms with Crippen LogP contribution >= 0.6 is 0 Å². The van der Waals surface area contributed by atoms with Gasteiger partial charge in [-0.05, 0) is 56.0 Å². The van der Waals surface area contributed by atoms with Gasteiger partial charge in [0, 0.05) is 31.6 Å². The molecule has 39 heavy (non-hydrogen) atoms. The molecule has 1 aromatic heterocycles. The number of aromatic nitrogens is 2. The predicted molar refractivity (Wildman–Crippen MR) is 147 cm³/mol. The summed E-state index contributed by atoms with van der Waals surface area (Å²) in [7, 11) is -1.99. The van der Waals surface area contributed by atoms with Crippen LogP contribution in [0.4, 0.5) is 0 Å². The Bertz CT molecular complexity index is 1430. The number of methoxy groups -OCH3 is 1. The lowest BCUT2D eigenvalue weighted by atomic mass is 10.0. The highest BCUT2D eigenvalue weighted by molar-refractivity contribution is 7.88. The van der Waals surface area contributed by atoms with Crippen molar-refractivity contribution in [2.75, 3.05) is 26.7 Å². The van der Waals surface area contributed by atoms with Gasteiger partial charge in [-0.3, -0.25) is 14.8 Å². The molecule has 0 saturated carbocycles. The molecule has 0 N–H and O–H groups in total. The minimum atomic E-state index is -3.60. The molecule has 3 aromatic rings. The Morgan fingerprint density at radius 3 is 2.67 bits per heavy atom. The highest BCUT2D eigenvalue weighted by Gasteiger charge is 2.38. The van der Waals surface area contributed by atoms with Gasteiger partial charge >= 0.3 is 0 Å². The number of likely N-dealkylation sites (tertiary alicyclic amines) is 1. The van der Waals surface area contributed by atoms with Gasteiger partial charge in [0.05, 0.1) is 36.8 Å². The normalized spacial score (nSPS) is 21.8. The van der Waals surface area contributed by atoms with Gasteiger partial charge in [-0.25, -0.2) is 8.42 Å². The average molecular weight is 551 g/mol. The highest BCUT2D eigenvalue weighted by Crippen LogP contribution is 2.34. The fourth-order valence-corrected chi connectivity index (χ4v) is 7.19. The van der Waals surface area contributed by atoms with E-state index in [1.165, 1.54) is 0 Å². The molecule has 3 unspecified atom stereocenters. The summed E-state index contributed by atoms with van der Waals surface area (Å²) in [6, 6.07) is 12.7. The first-order valence-electron chi connectivity index (χ1n) is 13.2. The van der Waals surface area contributed by atoms with E-state index in [1.807, 2.05) is 32.0 Å². The van der Waals surface area contributed by atoms with Crippen molar-refractivity contribution < 1.29 is 22.7 Å². The van der Waals surface area contributed by atoms with E-state index in [4.69, 9.17) is 9.47 Å². The van der Waals surface area contributed by atoms with Crippen molar-refractivity contribution in [3.05, 3.63) is 89.0 Å². The molecule has 2 saturated heterocycles. The summed E-state index contributed by atoms with van der Waals surface area (Å²) in [6.45, 7) is 5.15. The number of hydrogen-bond acceptors (Lipinski definition) is 7. The second kappa shape index (κ2) is 11.4. The van der Waals surface area contributed by atoms with Gasteiger partial charge in [-0.15, -0.1) is 0 Å². The smallest absolute Gasteiger partial charge is 0.254 e. The van der Waals surface area contributed by atoms with E-state index in [-0.39, 0.29) is 29.9 Å². The molecule has 3 heterocycles. The fraction of sp³-hybridized carbons (Fsp3) is 0.414. The predicted octanol–water partition coefficient (Wildman–Crippen LogP) is 3.68. The van der Waals surface area contributed by atoms with Crippen LogP contribution in [0.15, 0.2) is 61.1 Å². The maximum atomic E-state index is 13.4. The van der Waals surface area contributed by atoms with Crippen molar-refractivity contribution in [1.29, 1.82) is 0 Å². The van der Waals surface area contributed by atoms with Crippen molar-refractivity contribution in [2.45, 2.75) is 50.7 Å². The number of rotatable bonds is 8. The lowest BCUT2D eigenvalue weighted by Gasteiger charge is -2.24. The minimum Gasteiger partial charge on any atom is -0.486 e. The van der Waals surface area contributed by atoms with E-state index in [1.54, 1.807) is 59.2 Å². The molecule has 2 aromatic carbocycles. The van der Waals surface area contributed by atoms with Crippen LogP contribution in [0.25, 0.3) is 0 Å². The van der Waals surface area contributed by atoms with Gasteiger partial charge in [-0.2, -0.15) is 4.31 Å². The Balaban J connectivity index is 1.28. The first kappa shape index (κ1) is 27.2. The number of carbonyl (C=O) groups excluding carboxylic acids is 1. The minimum absolute atomic E-state index is 0.0486. The number of sulfonamides is 1. The standard InChI is InChI=1S/C29H34N4O5S/c1-20-9-10-21(2)24(14-20)29(34)32-17-27(37-3)28(18-32)38-23-7-4-6-22(15-23)19-39(35,36)33-13-5-8-26(33)25-16-30-11-12-31-25/h4,6-7,9-12,14-16,26-28H,5,8,13,17-19H2,1-3H3. The molecule has 206 valence electrons. The average Bonchev–Trinajstić information content (AvgIpc) is 3.58. The van der Waals surface area contributed by atoms with Crippen LogP contribution in [0.2, 0.25) is 0 Å². The zero-order chi connectivity index (χ0) is 27.6. The largest absolute Gasteiger partial charge is 0.486 e. The van der Waals surface area contributed by atoms with Gasteiger partial charge in [0.2, 0.25) is 10.0 Å². The van der Waals surface area contributed by atoms with E-state index in [0.717, 1.165) is 24.0 Å². The van der Waals surface area contributed by atoms with Crippen LogP contribution in [0.3, 0.4) is 0 Å². The molecule has 0 aliphatic carbocycles. The Kier molecular flexibility index (Phi) is 7.97. The summed E-state index contributed by atoms with van der Waals surface area (Å²) in [5.74, 6) is 0.353. The number of carbonyl (C=O) groups is 1. The maximum absolute atomic E-state index is 13.4. The van der Waals surface area contributed by atoms with E-state index in [2.05, 4.69) is 9.97 Å². The number of nitrogens with zero attached hydrogens (tertiary/aromatic N) is 4. The summed E-state index contributed by atoms with van der Waals surface area (Å²) < 4.78 is 40.3. The van der Waals surface area contributed by atoms with Crippen LogP contribution in [0.5, 0.6) is 5.75 Å². The molecule has 2 aliphatic heterocycles. The van der Waals surface area contributed by atoms with Gasteiger partial charge < -0.3 is 14.4 Å². The zero-order valence-corrected chi connectivity index (χ0v) is 23.3. The quantitative estimate of drug-likeness (QED) is 0.422. The maximum Gasteiger partial charge on any atom is 0.254 e. The van der Waals surface area contributed by atoms with Crippen molar-refractivity contribution >= 4 is 15.9 Å². The molecule has 2 aliphatic rings. The number of aryl methyl sites for hydroxylation is 2. The third-order valence-corrected chi connectivity index (χ3v) is 9.30. The van der Waals surface area contributed by atoms with E-state index in [9.17, 15) is 13.2 Å². The van der Waals surface area contributed by atoms with Crippen LogP contribution in [0.1, 0.15) is 51.6 Å². The SMILES string of the molecule is COC1CN(C(=O)c2cc(C)ccc2C)CC1Oc1cccc(CS(=O)(=O)N2CCCC2c2cnccn2)c1. The number of benzene rings is 2. The molecular formula is C29H34N4O5S. The van der Waals surface area contributed by atoms with Gasteiger partial charge in [0.1, 0.15) is 18.0 Å². The summed E-state index contributed by atoms with van der Waals surface area (Å²) in [6.07, 6.45) is 5.63. The van der Waals surface area contributed by atoms with Gasteiger partial charge in [0.25, 0.3) is 5.91 Å². The number of ether oxygens (including phenoxy) is 2. The van der Waals surface area contributed by atoms with Crippen LogP contribution in [-0.2, 0) is 20.5 Å². The summed E-state index contributed by atoms with van der Waals surface area (Å²) in [5.41, 5.74) is 3.94. The Hall–Kier alpha value is -3.34. The summed E-state index contributed by atoms with van der Waals surface area (Å²) in [4.78, 5) is 23.5. The highest BCUT2D eigenvalue weighted by atomic mass is 32.2. The lowest BCUT2D eigenvalue weighted by Crippen LogP contribution is -2.32. The van der Waals surface area contributed by atoms with Crippen molar-refractivity contribution in [3.63, 3.8) is 0 Å². The summed E-state index contributed by atoms with van der Waals surface area (Å²) in [5, 5.41) is 0. The van der Waals surface area contributed by atoms with E-state index < -0.39 is 10.0 Å². The number of hydrogen-bond donors (Lipinski definition) is 0. The Labute approximate surface area is 229 Å². The first-order valence-corrected chi connectivity index (χ1v) is 14.8. The number of amides is 1. The molecular weight excluding hydrogens is 516 g/mol. The second-order valence-corrected chi connectivity index (χ2v) is 12.2. The first-order chi connectivity index (χ1) is 18.7. The molecule has 3 atom stereocenters. The molecule has 9 nitrogen and oxygen atoms in total. The Morgan fingerprint density at radius 1 is 1.08 bits per heavy atom. The second-order valence-electron chi connectivity index (χ2n) is 10.3. The van der Waals surface area contributed by atoms with E-state index >= 15 is 0 Å². The van der Waals surface area contributed by atoms with Crippen molar-refractivity contribution in [1.82, 2.24) is 19.2 Å². The van der Waals surface area contributed by atoms with Crippen molar-refractivity contribution in [3.8, 4) is 5.75 Å². The fourth-order valence-electron chi connectivity index (χ4n) is 5.41. The molecule has 10 heteroatoms. The molecule has 2 fully saturated rings. The van der Waals surface area contributed by atoms with Gasteiger partial charge in [-0.1, -0.05) is 29.8 Å². The summed E-state index contributed by atoms with van der Waals surface area (Å²) >= 11 is 0. The van der Waals surface area contributed by atoms with E-state index in [0.29, 0.717) is 42.2 Å². The Morgan fingerprint density at radius 2 is 1.90 bits per heavy atom. The molecule has 5 rings (SSSR count). The zero-order valence-electron chi connectivity index (χ0n) is 22.5. The van der Waals surface area contributed by atoms with Crippen molar-refractivity contribution in [2.24, 2.45) is 0 Å². The van der Waals surface area contributed by atoms with Crippen LogP contribution < -0.4 is 4.74 Å². The third-order valence-electron chi connectivity index (χ3n) is 7.45. The third kappa shape index (κ3) is 5.98. The topological polar surface area (TPSA) is 102 Å². The molecule has 1 amide bonds. The molecule has 0 radical (unpaired) electrons. The molecule has 0 spiro atoms. The molecule has 0 bridgehead atoms. The van der Waals surface area contributed by atoms with Gasteiger partial charge in [0.15, 0.2) is 0 Å². The lowest BCUT2D eigenvalue weighted by molar-refractivity contribution is 0.0339.